The minimum absolute atomic E-state index is 0.00679. The van der Waals surface area contributed by atoms with Crippen LogP contribution in [0.25, 0.3) is 0 Å². The summed E-state index contributed by atoms with van der Waals surface area (Å²) in [7, 11) is 0. The normalized spacial score (nSPS) is 12.1. The van der Waals surface area contributed by atoms with Gasteiger partial charge in [0.2, 0.25) is 11.2 Å². The van der Waals surface area contributed by atoms with Crippen LogP contribution in [0.2, 0.25) is 0 Å². The number of hydrogen-bond donors (Lipinski definition) is 2. The third-order valence-electron chi connectivity index (χ3n) is 2.61. The SMILES string of the molecule is NCC(O)c1cc(=O)c(OCc2ccccc2)co1. The summed E-state index contributed by atoms with van der Waals surface area (Å²) in [6, 6.07) is 10.7. The van der Waals surface area contributed by atoms with Gasteiger partial charge in [0.05, 0.1) is 0 Å². The van der Waals surface area contributed by atoms with Crippen LogP contribution in [0.15, 0.2) is 51.9 Å². The van der Waals surface area contributed by atoms with Crippen LogP contribution in [0.3, 0.4) is 0 Å². The van der Waals surface area contributed by atoms with Crippen molar-refractivity contribution in [1.29, 1.82) is 0 Å². The van der Waals surface area contributed by atoms with Crippen molar-refractivity contribution in [2.75, 3.05) is 6.54 Å². The van der Waals surface area contributed by atoms with Crippen LogP contribution in [0.5, 0.6) is 5.75 Å². The first-order valence-electron chi connectivity index (χ1n) is 5.88. The summed E-state index contributed by atoms with van der Waals surface area (Å²) in [4.78, 5) is 11.7. The van der Waals surface area contributed by atoms with Crippen LogP contribution in [-0.2, 0) is 6.61 Å². The van der Waals surface area contributed by atoms with Crippen LogP contribution in [0.1, 0.15) is 17.4 Å². The van der Waals surface area contributed by atoms with E-state index in [2.05, 4.69) is 0 Å². The van der Waals surface area contributed by atoms with E-state index in [4.69, 9.17) is 14.9 Å². The van der Waals surface area contributed by atoms with Gasteiger partial charge in [-0.15, -0.1) is 0 Å². The Labute approximate surface area is 110 Å². The summed E-state index contributed by atoms with van der Waals surface area (Å²) in [5.41, 5.74) is 5.89. The second kappa shape index (κ2) is 6.17. The van der Waals surface area contributed by atoms with Gasteiger partial charge in [0, 0.05) is 12.6 Å². The Kier molecular flexibility index (Phi) is 4.33. The molecule has 5 nitrogen and oxygen atoms in total. The Morgan fingerprint density at radius 1 is 1.32 bits per heavy atom. The highest BCUT2D eigenvalue weighted by atomic mass is 16.5. The first kappa shape index (κ1) is 13.3. The Hall–Kier alpha value is -2.11. The van der Waals surface area contributed by atoms with Crippen LogP contribution in [0, 0.1) is 0 Å². The fraction of sp³-hybridized carbons (Fsp3) is 0.214. The topological polar surface area (TPSA) is 85.7 Å². The van der Waals surface area contributed by atoms with Gasteiger partial charge < -0.3 is 20.0 Å². The van der Waals surface area contributed by atoms with E-state index in [0.29, 0.717) is 0 Å². The maximum absolute atomic E-state index is 11.7. The standard InChI is InChI=1S/C14H15NO4/c15-7-12(17)13-6-11(16)14(9-19-13)18-8-10-4-2-1-3-5-10/h1-6,9,12,17H,7-8,15H2. The van der Waals surface area contributed by atoms with E-state index < -0.39 is 6.10 Å². The van der Waals surface area contributed by atoms with Gasteiger partial charge in [-0.1, -0.05) is 30.3 Å². The number of nitrogens with two attached hydrogens (primary N) is 1. The predicted molar refractivity (Wildman–Crippen MR) is 69.8 cm³/mol. The van der Waals surface area contributed by atoms with E-state index in [0.717, 1.165) is 5.56 Å². The number of ether oxygens (including phenoxy) is 1. The molecule has 1 aromatic carbocycles. The zero-order chi connectivity index (χ0) is 13.7. The van der Waals surface area contributed by atoms with E-state index in [1.165, 1.54) is 12.3 Å². The number of aliphatic hydroxyl groups is 1. The minimum atomic E-state index is -0.976. The Bertz CT molecular complexity index is 579. The lowest BCUT2D eigenvalue weighted by molar-refractivity contribution is 0.153. The van der Waals surface area contributed by atoms with E-state index in [1.807, 2.05) is 30.3 Å². The van der Waals surface area contributed by atoms with E-state index in [9.17, 15) is 9.90 Å². The molecule has 0 spiro atoms. The summed E-state index contributed by atoms with van der Waals surface area (Å²) >= 11 is 0. The quantitative estimate of drug-likeness (QED) is 0.845. The van der Waals surface area contributed by atoms with Gasteiger partial charge in [0.15, 0.2) is 0 Å². The lowest BCUT2D eigenvalue weighted by Crippen LogP contribution is -2.15. The summed E-state index contributed by atoms with van der Waals surface area (Å²) in [6.45, 7) is 0.275. The molecule has 0 bridgehead atoms. The van der Waals surface area contributed by atoms with E-state index in [-0.39, 0.29) is 30.1 Å². The lowest BCUT2D eigenvalue weighted by atomic mass is 10.2. The van der Waals surface area contributed by atoms with E-state index in [1.54, 1.807) is 0 Å². The zero-order valence-electron chi connectivity index (χ0n) is 10.3. The molecule has 2 aromatic rings. The van der Waals surface area contributed by atoms with Crippen LogP contribution in [-0.4, -0.2) is 11.7 Å². The van der Waals surface area contributed by atoms with Crippen molar-refractivity contribution < 1.29 is 14.3 Å². The van der Waals surface area contributed by atoms with Crippen molar-refractivity contribution >= 4 is 0 Å². The third-order valence-corrected chi connectivity index (χ3v) is 2.61. The maximum atomic E-state index is 11.7. The average Bonchev–Trinajstić information content (AvgIpc) is 2.46. The number of rotatable bonds is 5. The second-order valence-electron chi connectivity index (χ2n) is 4.04. The molecule has 1 aromatic heterocycles. The van der Waals surface area contributed by atoms with Gasteiger partial charge in [-0.3, -0.25) is 4.79 Å². The predicted octanol–water partition coefficient (Wildman–Crippen LogP) is 1.21. The second-order valence-corrected chi connectivity index (χ2v) is 4.04. The van der Waals surface area contributed by atoms with Crippen molar-refractivity contribution in [1.82, 2.24) is 0 Å². The molecule has 0 saturated carbocycles. The highest BCUT2D eigenvalue weighted by Gasteiger charge is 2.11. The maximum Gasteiger partial charge on any atom is 0.227 e. The average molecular weight is 261 g/mol. The largest absolute Gasteiger partial charge is 0.482 e. The molecule has 1 unspecified atom stereocenters. The molecule has 1 heterocycles. The van der Waals surface area contributed by atoms with Gasteiger partial charge in [0.25, 0.3) is 0 Å². The Balaban J connectivity index is 2.08. The van der Waals surface area contributed by atoms with Crippen LogP contribution >= 0.6 is 0 Å². The van der Waals surface area contributed by atoms with E-state index >= 15 is 0 Å². The summed E-state index contributed by atoms with van der Waals surface area (Å²) < 4.78 is 10.5. The molecule has 0 radical (unpaired) electrons. The smallest absolute Gasteiger partial charge is 0.227 e. The lowest BCUT2D eigenvalue weighted by Gasteiger charge is -2.08. The highest BCUT2D eigenvalue weighted by molar-refractivity contribution is 5.20. The molecule has 0 aliphatic rings. The number of aliphatic hydroxyl groups excluding tert-OH is 1. The molecule has 0 saturated heterocycles. The van der Waals surface area contributed by atoms with Gasteiger partial charge in [0.1, 0.15) is 24.7 Å². The fourth-order valence-electron chi connectivity index (χ4n) is 1.55. The van der Waals surface area contributed by atoms with Gasteiger partial charge in [-0.25, -0.2) is 0 Å². The molecule has 0 aliphatic heterocycles. The van der Waals surface area contributed by atoms with Crippen molar-refractivity contribution in [3.63, 3.8) is 0 Å². The summed E-state index contributed by atoms with van der Waals surface area (Å²) in [5.74, 6) is 0.247. The zero-order valence-corrected chi connectivity index (χ0v) is 10.3. The molecule has 0 fully saturated rings. The first-order chi connectivity index (χ1) is 9.20. The molecule has 0 amide bonds. The van der Waals surface area contributed by atoms with Crippen LogP contribution < -0.4 is 15.9 Å². The molecule has 5 heteroatoms. The van der Waals surface area contributed by atoms with Gasteiger partial charge >= 0.3 is 0 Å². The molecule has 100 valence electrons. The Morgan fingerprint density at radius 2 is 2.05 bits per heavy atom. The fourth-order valence-corrected chi connectivity index (χ4v) is 1.55. The monoisotopic (exact) mass is 261 g/mol. The molecule has 2 rings (SSSR count). The molecular formula is C14H15NO4. The van der Waals surface area contributed by atoms with Gasteiger partial charge in [-0.2, -0.15) is 0 Å². The highest BCUT2D eigenvalue weighted by Crippen LogP contribution is 2.13. The van der Waals surface area contributed by atoms with Crippen molar-refractivity contribution in [3.05, 3.63) is 64.2 Å². The number of benzene rings is 1. The van der Waals surface area contributed by atoms with Crippen molar-refractivity contribution in [3.8, 4) is 5.75 Å². The van der Waals surface area contributed by atoms with Crippen molar-refractivity contribution in [2.24, 2.45) is 5.73 Å². The molecule has 1 atom stereocenters. The summed E-state index contributed by atoms with van der Waals surface area (Å²) in [5, 5.41) is 9.45. The Morgan fingerprint density at radius 3 is 2.68 bits per heavy atom. The van der Waals surface area contributed by atoms with Gasteiger partial charge in [-0.05, 0) is 5.56 Å². The van der Waals surface area contributed by atoms with Crippen molar-refractivity contribution in [2.45, 2.75) is 12.7 Å². The molecule has 19 heavy (non-hydrogen) atoms. The van der Waals surface area contributed by atoms with Crippen LogP contribution in [0.4, 0.5) is 0 Å². The summed E-state index contributed by atoms with van der Waals surface area (Å²) in [6.07, 6.45) is 0.218. The number of hydrogen-bond acceptors (Lipinski definition) is 5. The minimum Gasteiger partial charge on any atom is -0.482 e. The third kappa shape index (κ3) is 3.43. The molecule has 3 N–H and O–H groups in total. The molecule has 0 aliphatic carbocycles. The molecular weight excluding hydrogens is 246 g/mol. The first-order valence-corrected chi connectivity index (χ1v) is 5.88.